The first-order valence-electron chi connectivity index (χ1n) is 6.18. The summed E-state index contributed by atoms with van der Waals surface area (Å²) in [4.78, 5) is 14.1. The van der Waals surface area contributed by atoms with E-state index in [0.717, 1.165) is 32.4 Å². The van der Waals surface area contributed by atoms with Crippen molar-refractivity contribution in [1.82, 2.24) is 10.2 Å². The second kappa shape index (κ2) is 7.63. The van der Waals surface area contributed by atoms with Crippen LogP contribution < -0.4 is 11.1 Å². The molecular weight excluding hydrogens is 202 g/mol. The molecule has 0 aromatic carbocycles. The molecule has 0 aromatic heterocycles. The molecule has 96 valence electrons. The van der Waals surface area contributed by atoms with Crippen molar-refractivity contribution in [2.75, 3.05) is 33.7 Å². The van der Waals surface area contributed by atoms with E-state index in [9.17, 15) is 4.79 Å². The summed E-state index contributed by atoms with van der Waals surface area (Å²) in [5.41, 5.74) is 5.41. The van der Waals surface area contributed by atoms with Crippen molar-refractivity contribution in [1.29, 1.82) is 0 Å². The van der Waals surface area contributed by atoms with Crippen LogP contribution in [0.4, 0.5) is 0 Å². The van der Waals surface area contributed by atoms with E-state index in [1.54, 1.807) is 0 Å². The van der Waals surface area contributed by atoms with Crippen molar-refractivity contribution < 1.29 is 4.79 Å². The van der Waals surface area contributed by atoms with Crippen LogP contribution in [0.2, 0.25) is 0 Å². The van der Waals surface area contributed by atoms with Gasteiger partial charge in [0.25, 0.3) is 0 Å². The maximum atomic E-state index is 12.3. The summed E-state index contributed by atoms with van der Waals surface area (Å²) in [7, 11) is 3.79. The fourth-order valence-electron chi connectivity index (χ4n) is 1.93. The van der Waals surface area contributed by atoms with Crippen LogP contribution in [0.5, 0.6) is 0 Å². The van der Waals surface area contributed by atoms with E-state index in [4.69, 9.17) is 5.73 Å². The van der Waals surface area contributed by atoms with Crippen molar-refractivity contribution >= 4 is 5.91 Å². The van der Waals surface area contributed by atoms with Crippen LogP contribution in [0, 0.1) is 5.41 Å². The average molecular weight is 229 g/mol. The van der Waals surface area contributed by atoms with E-state index in [2.05, 4.69) is 5.32 Å². The second-order valence-electron chi connectivity index (χ2n) is 4.38. The number of nitrogens with one attached hydrogen (secondary N) is 1. The van der Waals surface area contributed by atoms with Gasteiger partial charge < -0.3 is 16.0 Å². The van der Waals surface area contributed by atoms with Crippen LogP contribution in [0.15, 0.2) is 0 Å². The highest BCUT2D eigenvalue weighted by Gasteiger charge is 2.35. The summed E-state index contributed by atoms with van der Waals surface area (Å²) >= 11 is 0. The molecule has 0 heterocycles. The van der Waals surface area contributed by atoms with Gasteiger partial charge in [-0.1, -0.05) is 13.8 Å². The van der Waals surface area contributed by atoms with Gasteiger partial charge in [0, 0.05) is 20.1 Å². The van der Waals surface area contributed by atoms with Crippen molar-refractivity contribution in [3.8, 4) is 0 Å². The highest BCUT2D eigenvalue weighted by Crippen LogP contribution is 2.27. The fourth-order valence-corrected chi connectivity index (χ4v) is 1.93. The van der Waals surface area contributed by atoms with E-state index in [-0.39, 0.29) is 11.3 Å². The second-order valence-corrected chi connectivity index (χ2v) is 4.38. The number of nitrogens with zero attached hydrogens (tertiary/aromatic N) is 1. The van der Waals surface area contributed by atoms with Crippen molar-refractivity contribution in [2.45, 2.75) is 33.1 Å². The molecule has 4 heteroatoms. The molecule has 0 spiro atoms. The number of hydrogen-bond acceptors (Lipinski definition) is 3. The molecule has 0 aliphatic carbocycles. The van der Waals surface area contributed by atoms with Crippen LogP contribution in [-0.4, -0.2) is 44.5 Å². The van der Waals surface area contributed by atoms with Gasteiger partial charge in [-0.25, -0.2) is 0 Å². The lowest BCUT2D eigenvalue weighted by atomic mass is 9.81. The average Bonchev–Trinajstić information content (AvgIpc) is 2.32. The van der Waals surface area contributed by atoms with Gasteiger partial charge >= 0.3 is 0 Å². The van der Waals surface area contributed by atoms with Crippen molar-refractivity contribution in [3.63, 3.8) is 0 Å². The van der Waals surface area contributed by atoms with Gasteiger partial charge in [0.2, 0.25) is 5.91 Å². The number of rotatable bonds is 8. The summed E-state index contributed by atoms with van der Waals surface area (Å²) in [6.07, 6.45) is 2.61. The Labute approximate surface area is 99.6 Å². The Balaban J connectivity index is 4.37. The zero-order valence-electron chi connectivity index (χ0n) is 11.2. The minimum atomic E-state index is -0.353. The minimum Gasteiger partial charge on any atom is -0.345 e. The molecule has 0 atom stereocenters. The molecule has 0 aliphatic rings. The van der Waals surface area contributed by atoms with Crippen LogP contribution in [0.25, 0.3) is 0 Å². The maximum Gasteiger partial charge on any atom is 0.229 e. The van der Waals surface area contributed by atoms with Gasteiger partial charge in [-0.15, -0.1) is 0 Å². The van der Waals surface area contributed by atoms with E-state index in [1.165, 1.54) is 0 Å². The number of hydrogen-bond donors (Lipinski definition) is 2. The Bertz CT molecular complexity index is 194. The van der Waals surface area contributed by atoms with E-state index >= 15 is 0 Å². The molecule has 0 aliphatic heterocycles. The molecule has 0 aromatic rings. The number of amides is 1. The third kappa shape index (κ3) is 3.76. The lowest BCUT2D eigenvalue weighted by Crippen LogP contribution is -2.46. The lowest BCUT2D eigenvalue weighted by molar-refractivity contribution is -0.140. The predicted octanol–water partition coefficient (Wildman–Crippen LogP) is 0.819. The Kier molecular flexibility index (Phi) is 7.34. The molecule has 4 nitrogen and oxygen atoms in total. The maximum absolute atomic E-state index is 12.3. The quantitative estimate of drug-likeness (QED) is 0.606. The molecular formula is C12H27N3O. The SMILES string of the molecule is CCC(CC)(CN)C(=O)N(C)CCCNC. The van der Waals surface area contributed by atoms with Crippen molar-refractivity contribution in [3.05, 3.63) is 0 Å². The lowest BCUT2D eigenvalue weighted by Gasteiger charge is -2.33. The van der Waals surface area contributed by atoms with Gasteiger partial charge in [-0.2, -0.15) is 0 Å². The third-order valence-electron chi connectivity index (χ3n) is 3.46. The van der Waals surface area contributed by atoms with Crippen molar-refractivity contribution in [2.24, 2.45) is 11.1 Å². The molecule has 0 saturated heterocycles. The van der Waals surface area contributed by atoms with Crippen LogP contribution in [0.3, 0.4) is 0 Å². The number of carbonyl (C=O) groups is 1. The van der Waals surface area contributed by atoms with E-state index < -0.39 is 0 Å². The van der Waals surface area contributed by atoms with Gasteiger partial charge in [-0.05, 0) is 32.9 Å². The summed E-state index contributed by atoms with van der Waals surface area (Å²) < 4.78 is 0. The third-order valence-corrected chi connectivity index (χ3v) is 3.46. The van der Waals surface area contributed by atoms with Gasteiger partial charge in [0.15, 0.2) is 0 Å². The predicted molar refractivity (Wildman–Crippen MR) is 68.3 cm³/mol. The number of nitrogens with two attached hydrogens (primary N) is 1. The largest absolute Gasteiger partial charge is 0.345 e. The smallest absolute Gasteiger partial charge is 0.229 e. The first-order valence-corrected chi connectivity index (χ1v) is 6.18. The molecule has 0 saturated carbocycles. The Morgan fingerprint density at radius 1 is 1.38 bits per heavy atom. The monoisotopic (exact) mass is 229 g/mol. The standard InChI is InChI=1S/C12H27N3O/c1-5-12(6-2,10-13)11(16)15(4)9-7-8-14-3/h14H,5-10,13H2,1-4H3. The highest BCUT2D eigenvalue weighted by molar-refractivity contribution is 5.82. The van der Waals surface area contributed by atoms with Crippen LogP contribution in [0.1, 0.15) is 33.1 Å². The summed E-state index contributed by atoms with van der Waals surface area (Å²) in [5.74, 6) is 0.191. The molecule has 16 heavy (non-hydrogen) atoms. The fraction of sp³-hybridized carbons (Fsp3) is 0.917. The zero-order chi connectivity index (χ0) is 12.6. The molecule has 1 amide bonds. The summed E-state index contributed by atoms with van der Waals surface area (Å²) in [5, 5.41) is 3.08. The highest BCUT2D eigenvalue weighted by atomic mass is 16.2. The zero-order valence-corrected chi connectivity index (χ0v) is 11.2. The van der Waals surface area contributed by atoms with E-state index in [0.29, 0.717) is 6.54 Å². The molecule has 0 unspecified atom stereocenters. The van der Waals surface area contributed by atoms with Gasteiger partial charge in [0.05, 0.1) is 5.41 Å². The summed E-state index contributed by atoms with van der Waals surface area (Å²) in [6, 6.07) is 0. The molecule has 0 bridgehead atoms. The van der Waals surface area contributed by atoms with Crippen LogP contribution >= 0.6 is 0 Å². The molecule has 0 rings (SSSR count). The first kappa shape index (κ1) is 15.4. The first-order chi connectivity index (χ1) is 7.57. The van der Waals surface area contributed by atoms with E-state index in [1.807, 2.05) is 32.8 Å². The summed E-state index contributed by atoms with van der Waals surface area (Å²) in [6.45, 7) is 6.24. The Hall–Kier alpha value is -0.610. The normalized spacial score (nSPS) is 11.6. The van der Waals surface area contributed by atoms with Gasteiger partial charge in [-0.3, -0.25) is 4.79 Å². The Morgan fingerprint density at radius 3 is 2.31 bits per heavy atom. The minimum absolute atomic E-state index is 0.191. The molecule has 0 radical (unpaired) electrons. The molecule has 3 N–H and O–H groups in total. The topological polar surface area (TPSA) is 58.4 Å². The van der Waals surface area contributed by atoms with Gasteiger partial charge in [0.1, 0.15) is 0 Å². The Morgan fingerprint density at radius 2 is 1.94 bits per heavy atom. The molecule has 0 fully saturated rings. The van der Waals surface area contributed by atoms with Crippen LogP contribution in [-0.2, 0) is 4.79 Å². The number of carbonyl (C=O) groups excluding carboxylic acids is 1.